The number of amides is 1. The van der Waals surface area contributed by atoms with Crippen LogP contribution in [-0.4, -0.2) is 30.8 Å². The number of Topliss-reactive ketones (excluding diaryl/α,β-unsaturated/α-hetero) is 1. The Balaban J connectivity index is 1.76. The molecule has 2 aromatic rings. The summed E-state index contributed by atoms with van der Waals surface area (Å²) in [7, 11) is 0. The second-order valence-electron chi connectivity index (χ2n) is 5.72. The maximum absolute atomic E-state index is 12.0. The molecule has 26 heavy (non-hydrogen) atoms. The van der Waals surface area contributed by atoms with Crippen molar-refractivity contribution in [3.05, 3.63) is 69.7 Å². The number of hydrogen-bond donors (Lipinski definition) is 1. The van der Waals surface area contributed by atoms with Crippen LogP contribution >= 0.6 is 15.9 Å². The minimum Gasteiger partial charge on any atom is -0.456 e. The van der Waals surface area contributed by atoms with Gasteiger partial charge in [0, 0.05) is 15.6 Å². The number of carbonyl (C=O) groups is 3. The van der Waals surface area contributed by atoms with E-state index in [1.807, 2.05) is 12.1 Å². The van der Waals surface area contributed by atoms with Crippen molar-refractivity contribution in [1.29, 1.82) is 0 Å². The van der Waals surface area contributed by atoms with E-state index < -0.39 is 5.97 Å². The van der Waals surface area contributed by atoms with Gasteiger partial charge < -0.3 is 10.1 Å². The van der Waals surface area contributed by atoms with Gasteiger partial charge in [-0.1, -0.05) is 53.5 Å². The van der Waals surface area contributed by atoms with Crippen LogP contribution in [0.2, 0.25) is 0 Å². The molecule has 0 radical (unpaired) electrons. The first-order valence-corrected chi connectivity index (χ1v) is 9.10. The Morgan fingerprint density at radius 1 is 0.962 bits per heavy atom. The van der Waals surface area contributed by atoms with Crippen LogP contribution in [0, 0.1) is 0 Å². The average Bonchev–Trinajstić information content (AvgIpc) is 2.65. The van der Waals surface area contributed by atoms with E-state index in [4.69, 9.17) is 4.74 Å². The van der Waals surface area contributed by atoms with Crippen LogP contribution in [0.5, 0.6) is 0 Å². The highest BCUT2D eigenvalue weighted by Crippen LogP contribution is 2.10. The van der Waals surface area contributed by atoms with E-state index in [1.165, 1.54) is 0 Å². The van der Waals surface area contributed by atoms with Gasteiger partial charge in [0.15, 0.2) is 12.4 Å². The predicted molar refractivity (Wildman–Crippen MR) is 102 cm³/mol. The third-order valence-electron chi connectivity index (χ3n) is 3.68. The molecular formula is C20H20BrNO4. The molecule has 0 fully saturated rings. The summed E-state index contributed by atoms with van der Waals surface area (Å²) in [4.78, 5) is 35.7. The first-order valence-electron chi connectivity index (χ1n) is 8.31. The average molecular weight is 418 g/mol. The molecule has 136 valence electrons. The number of nitrogens with one attached hydrogen (secondary N) is 1. The number of hydrogen-bond acceptors (Lipinski definition) is 4. The first-order chi connectivity index (χ1) is 12.5. The number of aryl methyl sites for hydroxylation is 1. The molecule has 0 saturated carbocycles. The number of halogens is 1. The van der Waals surface area contributed by atoms with Gasteiger partial charge >= 0.3 is 5.97 Å². The van der Waals surface area contributed by atoms with E-state index >= 15 is 0 Å². The molecule has 1 amide bonds. The lowest BCUT2D eigenvalue weighted by Gasteiger charge is -2.07. The van der Waals surface area contributed by atoms with Gasteiger partial charge in [-0.05, 0) is 36.2 Å². The summed E-state index contributed by atoms with van der Waals surface area (Å²) in [5, 5.41) is 2.46. The molecule has 0 spiro atoms. The van der Waals surface area contributed by atoms with Crippen LogP contribution < -0.4 is 5.32 Å². The first kappa shape index (κ1) is 19.8. The maximum Gasteiger partial charge on any atom is 0.325 e. The summed E-state index contributed by atoms with van der Waals surface area (Å²) < 4.78 is 5.79. The van der Waals surface area contributed by atoms with E-state index in [9.17, 15) is 14.4 Å². The molecule has 0 heterocycles. The van der Waals surface area contributed by atoms with Crippen LogP contribution in [0.1, 0.15) is 39.6 Å². The monoisotopic (exact) mass is 417 g/mol. The molecule has 0 atom stereocenters. The molecule has 5 nitrogen and oxygen atoms in total. The maximum atomic E-state index is 12.0. The van der Waals surface area contributed by atoms with E-state index in [0.717, 1.165) is 22.9 Å². The summed E-state index contributed by atoms with van der Waals surface area (Å²) in [6.45, 7) is 1.45. The minimum absolute atomic E-state index is 0.277. The highest BCUT2D eigenvalue weighted by atomic mass is 79.9. The van der Waals surface area contributed by atoms with Gasteiger partial charge in [-0.25, -0.2) is 0 Å². The highest BCUT2D eigenvalue weighted by molar-refractivity contribution is 9.10. The second kappa shape index (κ2) is 9.87. The van der Waals surface area contributed by atoms with Gasteiger partial charge in [-0.15, -0.1) is 0 Å². The lowest BCUT2D eigenvalue weighted by Crippen LogP contribution is -2.31. The standard InChI is InChI=1S/C20H20BrNO4/c1-2-3-14-4-6-15(7-5-14)18(23)13-26-19(24)12-22-20(25)16-8-10-17(21)11-9-16/h4-11H,2-3,12-13H2,1H3,(H,22,25). The Morgan fingerprint density at radius 3 is 2.19 bits per heavy atom. The Morgan fingerprint density at radius 2 is 1.58 bits per heavy atom. The van der Waals surface area contributed by atoms with Crippen LogP contribution in [0.3, 0.4) is 0 Å². The summed E-state index contributed by atoms with van der Waals surface area (Å²) >= 11 is 3.28. The topological polar surface area (TPSA) is 72.5 Å². The lowest BCUT2D eigenvalue weighted by atomic mass is 10.1. The number of esters is 1. The number of rotatable bonds is 8. The molecule has 0 saturated heterocycles. The van der Waals surface area contributed by atoms with Crippen molar-refractivity contribution in [3.8, 4) is 0 Å². The van der Waals surface area contributed by atoms with Gasteiger partial charge in [-0.2, -0.15) is 0 Å². The molecule has 0 aliphatic rings. The van der Waals surface area contributed by atoms with Crippen molar-refractivity contribution in [3.63, 3.8) is 0 Å². The summed E-state index contributed by atoms with van der Waals surface area (Å²) in [6.07, 6.45) is 2.00. The molecule has 0 aliphatic carbocycles. The zero-order valence-electron chi connectivity index (χ0n) is 14.5. The van der Waals surface area contributed by atoms with Gasteiger partial charge in [0.05, 0.1) is 0 Å². The van der Waals surface area contributed by atoms with Gasteiger partial charge in [-0.3, -0.25) is 14.4 Å². The Labute approximate surface area is 160 Å². The molecule has 0 aliphatic heterocycles. The molecule has 2 rings (SSSR count). The molecule has 2 aromatic carbocycles. The van der Waals surface area contributed by atoms with Gasteiger partial charge in [0.25, 0.3) is 5.91 Å². The minimum atomic E-state index is -0.661. The van der Waals surface area contributed by atoms with Crippen molar-refractivity contribution in [1.82, 2.24) is 5.32 Å². The molecular weight excluding hydrogens is 398 g/mol. The number of benzene rings is 2. The Hall–Kier alpha value is -2.47. The Kier molecular flexibility index (Phi) is 7.53. The third-order valence-corrected chi connectivity index (χ3v) is 4.21. The van der Waals surface area contributed by atoms with Crippen molar-refractivity contribution in [2.24, 2.45) is 0 Å². The van der Waals surface area contributed by atoms with E-state index in [0.29, 0.717) is 11.1 Å². The zero-order chi connectivity index (χ0) is 18.9. The fraction of sp³-hybridized carbons (Fsp3) is 0.250. The highest BCUT2D eigenvalue weighted by Gasteiger charge is 2.12. The summed E-state index contributed by atoms with van der Waals surface area (Å²) in [5.74, 6) is -1.32. The van der Waals surface area contributed by atoms with Crippen LogP contribution in [0.4, 0.5) is 0 Å². The number of ether oxygens (including phenoxy) is 1. The zero-order valence-corrected chi connectivity index (χ0v) is 16.0. The smallest absolute Gasteiger partial charge is 0.325 e. The predicted octanol–water partition coefficient (Wildman–Crippen LogP) is 3.56. The number of carbonyl (C=O) groups excluding carboxylic acids is 3. The summed E-state index contributed by atoms with van der Waals surface area (Å²) in [5.41, 5.74) is 2.09. The third kappa shape index (κ3) is 6.11. The fourth-order valence-electron chi connectivity index (χ4n) is 2.28. The molecule has 0 unspecified atom stereocenters. The van der Waals surface area contributed by atoms with Crippen molar-refractivity contribution >= 4 is 33.6 Å². The van der Waals surface area contributed by atoms with Crippen LogP contribution in [0.25, 0.3) is 0 Å². The lowest BCUT2D eigenvalue weighted by molar-refractivity contribution is -0.141. The van der Waals surface area contributed by atoms with Gasteiger partial charge in [0.2, 0.25) is 0 Å². The van der Waals surface area contributed by atoms with E-state index in [2.05, 4.69) is 28.2 Å². The molecule has 0 bridgehead atoms. The van der Waals surface area contributed by atoms with E-state index in [1.54, 1.807) is 36.4 Å². The Bertz CT molecular complexity index is 769. The summed E-state index contributed by atoms with van der Waals surface area (Å²) in [6, 6.07) is 14.0. The second-order valence-corrected chi connectivity index (χ2v) is 6.64. The molecule has 6 heteroatoms. The quantitative estimate of drug-likeness (QED) is 0.526. The van der Waals surface area contributed by atoms with Crippen LogP contribution in [0.15, 0.2) is 53.0 Å². The van der Waals surface area contributed by atoms with Crippen molar-refractivity contribution in [2.75, 3.05) is 13.2 Å². The molecule has 1 N–H and O–H groups in total. The van der Waals surface area contributed by atoms with Crippen molar-refractivity contribution in [2.45, 2.75) is 19.8 Å². The van der Waals surface area contributed by atoms with Gasteiger partial charge in [0.1, 0.15) is 6.54 Å². The normalized spacial score (nSPS) is 10.2. The van der Waals surface area contributed by atoms with Crippen LogP contribution in [-0.2, 0) is 16.0 Å². The largest absolute Gasteiger partial charge is 0.456 e. The van der Waals surface area contributed by atoms with E-state index in [-0.39, 0.29) is 24.8 Å². The fourth-order valence-corrected chi connectivity index (χ4v) is 2.55. The number of ketones is 1. The SMILES string of the molecule is CCCc1ccc(C(=O)COC(=O)CNC(=O)c2ccc(Br)cc2)cc1. The van der Waals surface area contributed by atoms with Crippen molar-refractivity contribution < 1.29 is 19.1 Å². The molecule has 0 aromatic heterocycles.